The van der Waals surface area contributed by atoms with E-state index >= 15 is 0 Å². The van der Waals surface area contributed by atoms with Crippen molar-refractivity contribution in [1.82, 2.24) is 4.98 Å². The molecule has 0 aliphatic heterocycles. The van der Waals surface area contributed by atoms with E-state index in [2.05, 4.69) is 4.98 Å². The lowest BCUT2D eigenvalue weighted by molar-refractivity contribution is -0.136. The zero-order valence-corrected chi connectivity index (χ0v) is 8.38. The van der Waals surface area contributed by atoms with E-state index in [1.165, 1.54) is 25.3 Å². The fourth-order valence-electron chi connectivity index (χ4n) is 1.50. The van der Waals surface area contributed by atoms with Crippen LogP contribution in [-0.4, -0.2) is 12.1 Å². The highest BCUT2D eigenvalue weighted by Crippen LogP contribution is 2.34. The summed E-state index contributed by atoms with van der Waals surface area (Å²) in [4.78, 5) is 3.88. The Morgan fingerprint density at radius 3 is 2.56 bits per heavy atom. The van der Waals surface area contributed by atoms with Crippen LogP contribution >= 0.6 is 0 Å². The van der Waals surface area contributed by atoms with Gasteiger partial charge in [-0.1, -0.05) is 0 Å². The molecule has 16 heavy (non-hydrogen) atoms. The molecular formula is C11H8F3NO. The Bertz CT molecular complexity index is 522. The number of aromatic nitrogens is 1. The van der Waals surface area contributed by atoms with Crippen LogP contribution in [0.4, 0.5) is 13.2 Å². The molecule has 1 heterocycles. The van der Waals surface area contributed by atoms with E-state index < -0.39 is 11.7 Å². The first-order chi connectivity index (χ1) is 7.52. The molecule has 0 atom stereocenters. The van der Waals surface area contributed by atoms with E-state index in [-0.39, 0.29) is 10.9 Å². The number of hydrogen-bond acceptors (Lipinski definition) is 2. The van der Waals surface area contributed by atoms with E-state index in [1.807, 2.05) is 0 Å². The standard InChI is InChI=1S/C11H8F3NO/c1-16-7-2-3-8-9(11(12,13)14)4-5-15-10(8)6-7/h2-6H,1H3. The fraction of sp³-hybridized carbons (Fsp3) is 0.182. The summed E-state index contributed by atoms with van der Waals surface area (Å²) in [6, 6.07) is 5.29. The maximum atomic E-state index is 12.6. The normalized spacial score (nSPS) is 11.8. The molecule has 0 spiro atoms. The summed E-state index contributed by atoms with van der Waals surface area (Å²) in [5, 5.41) is 0.0794. The van der Waals surface area contributed by atoms with Gasteiger partial charge in [-0.2, -0.15) is 13.2 Å². The van der Waals surface area contributed by atoms with Crippen molar-refractivity contribution in [2.75, 3.05) is 7.11 Å². The maximum absolute atomic E-state index is 12.6. The Balaban J connectivity index is 2.70. The van der Waals surface area contributed by atoms with Gasteiger partial charge in [0.1, 0.15) is 5.75 Å². The summed E-state index contributed by atoms with van der Waals surface area (Å²) in [5.41, 5.74) is -0.408. The minimum atomic E-state index is -4.37. The van der Waals surface area contributed by atoms with Gasteiger partial charge in [-0.15, -0.1) is 0 Å². The van der Waals surface area contributed by atoms with Gasteiger partial charge in [0, 0.05) is 17.6 Å². The van der Waals surface area contributed by atoms with Gasteiger partial charge in [0.05, 0.1) is 18.2 Å². The lowest BCUT2D eigenvalue weighted by Gasteiger charge is -2.10. The molecule has 0 amide bonds. The molecule has 2 aromatic rings. The largest absolute Gasteiger partial charge is 0.497 e. The van der Waals surface area contributed by atoms with Gasteiger partial charge in [-0.25, -0.2) is 0 Å². The molecule has 2 rings (SSSR count). The van der Waals surface area contributed by atoms with E-state index in [9.17, 15) is 13.2 Å². The van der Waals surface area contributed by atoms with Crippen LogP contribution in [0.3, 0.4) is 0 Å². The molecule has 0 saturated carbocycles. The predicted molar refractivity (Wildman–Crippen MR) is 53.3 cm³/mol. The van der Waals surface area contributed by atoms with Gasteiger partial charge in [0.15, 0.2) is 0 Å². The number of hydrogen-bond donors (Lipinski definition) is 0. The second-order valence-electron chi connectivity index (χ2n) is 3.24. The molecule has 0 N–H and O–H groups in total. The molecule has 0 aliphatic rings. The van der Waals surface area contributed by atoms with Crippen molar-refractivity contribution in [3.8, 4) is 5.75 Å². The van der Waals surface area contributed by atoms with Crippen molar-refractivity contribution in [2.45, 2.75) is 6.18 Å². The number of rotatable bonds is 1. The van der Waals surface area contributed by atoms with E-state index in [1.54, 1.807) is 0 Å². The van der Waals surface area contributed by atoms with Gasteiger partial charge >= 0.3 is 6.18 Å². The zero-order valence-electron chi connectivity index (χ0n) is 8.38. The molecule has 0 unspecified atom stereocenters. The van der Waals surface area contributed by atoms with Crippen LogP contribution in [0.15, 0.2) is 30.5 Å². The highest BCUT2D eigenvalue weighted by molar-refractivity contribution is 5.83. The van der Waals surface area contributed by atoms with Crippen molar-refractivity contribution in [3.05, 3.63) is 36.0 Å². The molecule has 0 fully saturated rings. The second kappa shape index (κ2) is 3.66. The number of alkyl halides is 3. The van der Waals surface area contributed by atoms with Gasteiger partial charge in [-0.05, 0) is 18.2 Å². The van der Waals surface area contributed by atoms with E-state index in [0.29, 0.717) is 5.75 Å². The first kappa shape index (κ1) is 10.7. The van der Waals surface area contributed by atoms with E-state index in [0.717, 1.165) is 12.3 Å². The van der Waals surface area contributed by atoms with Crippen LogP contribution in [0.25, 0.3) is 10.9 Å². The fourth-order valence-corrected chi connectivity index (χ4v) is 1.50. The third-order valence-electron chi connectivity index (χ3n) is 2.26. The smallest absolute Gasteiger partial charge is 0.417 e. The first-order valence-corrected chi connectivity index (χ1v) is 4.52. The predicted octanol–water partition coefficient (Wildman–Crippen LogP) is 3.26. The monoisotopic (exact) mass is 227 g/mol. The Kier molecular flexibility index (Phi) is 2.46. The average molecular weight is 227 g/mol. The molecule has 84 valence electrons. The third kappa shape index (κ3) is 1.80. The summed E-state index contributed by atoms with van der Waals surface area (Å²) in [6.07, 6.45) is -3.22. The number of benzene rings is 1. The minimum Gasteiger partial charge on any atom is -0.497 e. The Morgan fingerprint density at radius 1 is 1.19 bits per heavy atom. The topological polar surface area (TPSA) is 22.1 Å². The summed E-state index contributed by atoms with van der Waals surface area (Å²) in [6.45, 7) is 0. The average Bonchev–Trinajstić information content (AvgIpc) is 2.26. The summed E-state index contributed by atoms with van der Waals surface area (Å²) >= 11 is 0. The molecule has 0 aliphatic carbocycles. The van der Waals surface area contributed by atoms with Gasteiger partial charge < -0.3 is 4.74 Å². The second-order valence-corrected chi connectivity index (χ2v) is 3.24. The van der Waals surface area contributed by atoms with E-state index in [4.69, 9.17) is 4.74 Å². The summed E-state index contributed by atoms with van der Waals surface area (Å²) < 4.78 is 42.9. The van der Waals surface area contributed by atoms with Crippen LogP contribution in [0.2, 0.25) is 0 Å². The Labute approximate surface area is 89.7 Å². The van der Waals surface area contributed by atoms with Gasteiger partial charge in [0.25, 0.3) is 0 Å². The number of ether oxygens (including phenoxy) is 1. The highest BCUT2D eigenvalue weighted by Gasteiger charge is 2.32. The van der Waals surface area contributed by atoms with Crippen molar-refractivity contribution in [3.63, 3.8) is 0 Å². The SMILES string of the molecule is COc1ccc2c(C(F)(F)F)ccnc2c1. The maximum Gasteiger partial charge on any atom is 0.417 e. The number of nitrogens with zero attached hydrogens (tertiary/aromatic N) is 1. The Morgan fingerprint density at radius 2 is 1.94 bits per heavy atom. The number of fused-ring (bicyclic) bond motifs is 1. The van der Waals surface area contributed by atoms with Crippen LogP contribution < -0.4 is 4.74 Å². The molecule has 5 heteroatoms. The molecule has 2 nitrogen and oxygen atoms in total. The number of methoxy groups -OCH3 is 1. The quantitative estimate of drug-likeness (QED) is 0.745. The Hall–Kier alpha value is -1.78. The van der Waals surface area contributed by atoms with Gasteiger partial charge in [0.2, 0.25) is 0 Å². The van der Waals surface area contributed by atoms with Crippen LogP contribution in [0.5, 0.6) is 5.75 Å². The van der Waals surface area contributed by atoms with Crippen molar-refractivity contribution in [1.29, 1.82) is 0 Å². The molecule has 0 saturated heterocycles. The molecule has 1 aromatic heterocycles. The minimum absolute atomic E-state index is 0.0794. The molecule has 0 radical (unpaired) electrons. The lowest BCUT2D eigenvalue weighted by atomic mass is 10.1. The highest BCUT2D eigenvalue weighted by atomic mass is 19.4. The number of pyridine rings is 1. The lowest BCUT2D eigenvalue weighted by Crippen LogP contribution is -2.06. The molecule has 1 aromatic carbocycles. The van der Waals surface area contributed by atoms with Crippen LogP contribution in [0, 0.1) is 0 Å². The summed E-state index contributed by atoms with van der Waals surface area (Å²) in [5.74, 6) is 0.485. The molecule has 0 bridgehead atoms. The molecular weight excluding hydrogens is 219 g/mol. The third-order valence-corrected chi connectivity index (χ3v) is 2.26. The van der Waals surface area contributed by atoms with Crippen molar-refractivity contribution < 1.29 is 17.9 Å². The van der Waals surface area contributed by atoms with Gasteiger partial charge in [-0.3, -0.25) is 4.98 Å². The first-order valence-electron chi connectivity index (χ1n) is 4.52. The van der Waals surface area contributed by atoms with Crippen molar-refractivity contribution >= 4 is 10.9 Å². The summed E-state index contributed by atoms with van der Waals surface area (Å²) in [7, 11) is 1.45. The van der Waals surface area contributed by atoms with Crippen molar-refractivity contribution in [2.24, 2.45) is 0 Å². The number of halogens is 3. The zero-order chi connectivity index (χ0) is 11.8. The van der Waals surface area contributed by atoms with Crippen LogP contribution in [0.1, 0.15) is 5.56 Å². The van der Waals surface area contributed by atoms with Crippen LogP contribution in [-0.2, 0) is 6.18 Å².